The quantitative estimate of drug-likeness (QED) is 0.535. The van der Waals surface area contributed by atoms with Crippen LogP contribution in [0.2, 0.25) is 0 Å². The van der Waals surface area contributed by atoms with E-state index in [1.165, 1.54) is 23.5 Å². The lowest BCUT2D eigenvalue weighted by Gasteiger charge is -2.21. The molecule has 0 fully saturated rings. The van der Waals surface area contributed by atoms with Crippen LogP contribution in [0.3, 0.4) is 0 Å². The van der Waals surface area contributed by atoms with Crippen molar-refractivity contribution < 1.29 is 17.9 Å². The third kappa shape index (κ3) is 5.93. The predicted octanol–water partition coefficient (Wildman–Crippen LogP) is 3.62. The van der Waals surface area contributed by atoms with E-state index in [0.717, 1.165) is 11.1 Å². The van der Waals surface area contributed by atoms with Crippen molar-refractivity contribution in [3.63, 3.8) is 0 Å². The van der Waals surface area contributed by atoms with Gasteiger partial charge in [-0.2, -0.15) is 4.31 Å². The number of carbonyl (C=O) groups is 1. The first kappa shape index (κ1) is 23.4. The molecule has 0 atom stereocenters. The average molecular weight is 454 g/mol. The minimum absolute atomic E-state index is 0.0851. The van der Waals surface area contributed by atoms with E-state index in [4.69, 9.17) is 4.74 Å². The second kappa shape index (κ2) is 10.4. The summed E-state index contributed by atoms with van der Waals surface area (Å²) in [6, 6.07) is 19.2. The highest BCUT2D eigenvalue weighted by atomic mass is 32.2. The van der Waals surface area contributed by atoms with Crippen LogP contribution in [0.1, 0.15) is 35.3 Å². The smallest absolute Gasteiger partial charge is 0.251 e. The molecule has 1 amide bonds. The number of hydrogen-bond acceptors (Lipinski definition) is 5. The molecule has 8 heteroatoms. The summed E-state index contributed by atoms with van der Waals surface area (Å²) in [6.45, 7) is 4.24. The number of ether oxygens (including phenoxy) is 1. The Bertz CT molecular complexity index is 1160. The molecule has 1 aromatic heterocycles. The molecule has 168 valence electrons. The third-order valence-corrected chi connectivity index (χ3v) is 7.01. The fourth-order valence-corrected chi connectivity index (χ4v) is 4.31. The monoisotopic (exact) mass is 453 g/mol. The second-order valence-corrected chi connectivity index (χ2v) is 9.60. The Balaban J connectivity index is 1.64. The van der Waals surface area contributed by atoms with Crippen LogP contribution in [0.4, 0.5) is 0 Å². The van der Waals surface area contributed by atoms with Gasteiger partial charge in [-0.25, -0.2) is 13.4 Å². The van der Waals surface area contributed by atoms with Crippen molar-refractivity contribution in [3.8, 4) is 5.88 Å². The maximum Gasteiger partial charge on any atom is 0.251 e. The van der Waals surface area contributed by atoms with Crippen LogP contribution in [0.25, 0.3) is 0 Å². The zero-order chi connectivity index (χ0) is 23.1. The van der Waals surface area contributed by atoms with Gasteiger partial charge >= 0.3 is 0 Å². The standard InChI is InChI=1S/C24H27N3O4S/c1-18(2)27(3)32(29,30)22-11-7-10-21(15-22)24(28)26-16-20-12-13-25-23(14-20)31-17-19-8-5-4-6-9-19/h4-15,18H,16-17H2,1-3H3,(H,26,28). The van der Waals surface area contributed by atoms with Gasteiger partial charge in [-0.3, -0.25) is 4.79 Å². The van der Waals surface area contributed by atoms with Gasteiger partial charge in [0.25, 0.3) is 5.91 Å². The second-order valence-electron chi connectivity index (χ2n) is 7.60. The van der Waals surface area contributed by atoms with Crippen molar-refractivity contribution in [1.29, 1.82) is 0 Å². The minimum Gasteiger partial charge on any atom is -0.473 e. The summed E-state index contributed by atoms with van der Waals surface area (Å²) >= 11 is 0. The fourth-order valence-electron chi connectivity index (χ4n) is 2.90. The van der Waals surface area contributed by atoms with E-state index in [2.05, 4.69) is 10.3 Å². The number of pyridine rings is 1. The zero-order valence-corrected chi connectivity index (χ0v) is 19.2. The van der Waals surface area contributed by atoms with Gasteiger partial charge in [0.1, 0.15) is 6.61 Å². The molecule has 7 nitrogen and oxygen atoms in total. The van der Waals surface area contributed by atoms with Crippen LogP contribution in [0.15, 0.2) is 77.8 Å². The number of carbonyl (C=O) groups excluding carboxylic acids is 1. The van der Waals surface area contributed by atoms with Gasteiger partial charge in [0.15, 0.2) is 0 Å². The Kier molecular flexibility index (Phi) is 7.61. The molecule has 0 aliphatic rings. The first-order chi connectivity index (χ1) is 15.3. The molecule has 0 unspecified atom stereocenters. The highest BCUT2D eigenvalue weighted by molar-refractivity contribution is 7.89. The maximum atomic E-state index is 12.7. The molecule has 0 saturated carbocycles. The van der Waals surface area contributed by atoms with Crippen molar-refractivity contribution >= 4 is 15.9 Å². The topological polar surface area (TPSA) is 88.6 Å². The van der Waals surface area contributed by atoms with Gasteiger partial charge in [-0.05, 0) is 49.2 Å². The molecule has 0 spiro atoms. The Labute approximate surface area is 189 Å². The molecule has 0 saturated heterocycles. The number of rotatable bonds is 9. The van der Waals surface area contributed by atoms with Gasteiger partial charge in [0.2, 0.25) is 15.9 Å². The van der Waals surface area contributed by atoms with Crippen LogP contribution >= 0.6 is 0 Å². The van der Waals surface area contributed by atoms with E-state index in [1.54, 1.807) is 44.3 Å². The van der Waals surface area contributed by atoms with E-state index in [9.17, 15) is 13.2 Å². The van der Waals surface area contributed by atoms with E-state index in [-0.39, 0.29) is 29.0 Å². The number of amides is 1. The van der Waals surface area contributed by atoms with Crippen molar-refractivity contribution in [1.82, 2.24) is 14.6 Å². The normalized spacial score (nSPS) is 11.5. The van der Waals surface area contributed by atoms with Crippen LogP contribution in [0.5, 0.6) is 5.88 Å². The van der Waals surface area contributed by atoms with Crippen molar-refractivity contribution in [2.75, 3.05) is 7.05 Å². The zero-order valence-electron chi connectivity index (χ0n) is 18.4. The van der Waals surface area contributed by atoms with Crippen molar-refractivity contribution in [2.24, 2.45) is 0 Å². The first-order valence-electron chi connectivity index (χ1n) is 10.3. The summed E-state index contributed by atoms with van der Waals surface area (Å²) in [4.78, 5) is 16.9. The third-order valence-electron chi connectivity index (χ3n) is 4.98. The van der Waals surface area contributed by atoms with E-state index in [1.807, 2.05) is 30.3 Å². The van der Waals surface area contributed by atoms with Gasteiger partial charge in [0.05, 0.1) is 4.90 Å². The van der Waals surface area contributed by atoms with E-state index in [0.29, 0.717) is 12.5 Å². The van der Waals surface area contributed by atoms with Crippen LogP contribution in [-0.2, 0) is 23.2 Å². The highest BCUT2D eigenvalue weighted by Crippen LogP contribution is 2.18. The van der Waals surface area contributed by atoms with Gasteiger partial charge < -0.3 is 10.1 Å². The largest absolute Gasteiger partial charge is 0.473 e. The SMILES string of the molecule is CC(C)N(C)S(=O)(=O)c1cccc(C(=O)NCc2ccnc(OCc3ccccc3)c2)c1. The van der Waals surface area contributed by atoms with Crippen molar-refractivity contribution in [2.45, 2.75) is 37.9 Å². The average Bonchev–Trinajstić information content (AvgIpc) is 2.81. The Morgan fingerprint density at radius 3 is 2.50 bits per heavy atom. The molecular formula is C24H27N3O4S. The van der Waals surface area contributed by atoms with Crippen molar-refractivity contribution in [3.05, 3.63) is 89.6 Å². The maximum absolute atomic E-state index is 12.7. The Morgan fingerprint density at radius 1 is 1.03 bits per heavy atom. The molecule has 1 heterocycles. The predicted molar refractivity (Wildman–Crippen MR) is 123 cm³/mol. The molecule has 0 aliphatic heterocycles. The number of nitrogens with one attached hydrogen (secondary N) is 1. The lowest BCUT2D eigenvalue weighted by Crippen LogP contribution is -2.33. The lowest BCUT2D eigenvalue weighted by molar-refractivity contribution is 0.0950. The summed E-state index contributed by atoms with van der Waals surface area (Å²) in [6.07, 6.45) is 1.62. The van der Waals surface area contributed by atoms with Crippen LogP contribution in [0, 0.1) is 0 Å². The molecule has 0 radical (unpaired) electrons. The Morgan fingerprint density at radius 2 is 1.78 bits per heavy atom. The van der Waals surface area contributed by atoms with Crippen LogP contribution < -0.4 is 10.1 Å². The fraction of sp³-hybridized carbons (Fsp3) is 0.250. The summed E-state index contributed by atoms with van der Waals surface area (Å²) in [5.74, 6) is 0.100. The molecule has 2 aromatic carbocycles. The summed E-state index contributed by atoms with van der Waals surface area (Å²) < 4.78 is 32.4. The molecule has 0 aliphatic carbocycles. The molecule has 1 N–H and O–H groups in total. The number of hydrogen-bond donors (Lipinski definition) is 1. The summed E-state index contributed by atoms with van der Waals surface area (Å²) in [5, 5.41) is 2.82. The van der Waals surface area contributed by atoms with Gasteiger partial charge in [-0.15, -0.1) is 0 Å². The molecule has 32 heavy (non-hydrogen) atoms. The minimum atomic E-state index is -3.67. The van der Waals surface area contributed by atoms with Gasteiger partial charge in [0, 0.05) is 37.5 Å². The van der Waals surface area contributed by atoms with E-state index >= 15 is 0 Å². The molecular weight excluding hydrogens is 426 g/mol. The number of nitrogens with zero attached hydrogens (tertiary/aromatic N) is 2. The Hall–Kier alpha value is -3.23. The van der Waals surface area contributed by atoms with Gasteiger partial charge in [-0.1, -0.05) is 36.4 Å². The molecule has 3 aromatic rings. The molecule has 3 rings (SSSR count). The number of aromatic nitrogens is 1. The number of sulfonamides is 1. The summed E-state index contributed by atoms with van der Waals surface area (Å²) in [7, 11) is -2.15. The number of benzene rings is 2. The summed E-state index contributed by atoms with van der Waals surface area (Å²) in [5.41, 5.74) is 2.13. The van der Waals surface area contributed by atoms with E-state index < -0.39 is 10.0 Å². The lowest BCUT2D eigenvalue weighted by atomic mass is 10.2. The molecule has 0 bridgehead atoms. The highest BCUT2D eigenvalue weighted by Gasteiger charge is 2.23. The first-order valence-corrected chi connectivity index (χ1v) is 11.7. The van der Waals surface area contributed by atoms with Crippen LogP contribution in [-0.4, -0.2) is 36.7 Å².